The van der Waals surface area contributed by atoms with Crippen molar-refractivity contribution in [2.75, 3.05) is 18.4 Å². The van der Waals surface area contributed by atoms with E-state index < -0.39 is 12.1 Å². The SMILES string of the molecule is O=C(Nc1ccccc1-c1cnco1)N1CCC(c2nc(-c3ccc4ccccc4n3)no2)CC1.O=C(O)C(F)(F)F. The van der Waals surface area contributed by atoms with Crippen LogP contribution in [0.3, 0.4) is 0 Å². The van der Waals surface area contributed by atoms with Gasteiger partial charge >= 0.3 is 18.2 Å². The number of carbonyl (C=O) groups excluding carboxylic acids is 1. The molecule has 11 nitrogen and oxygen atoms in total. The number of urea groups is 1. The third-order valence-corrected chi connectivity index (χ3v) is 6.51. The van der Waals surface area contributed by atoms with Gasteiger partial charge in [0.05, 0.1) is 17.4 Å². The molecule has 2 amide bonds. The zero-order valence-corrected chi connectivity index (χ0v) is 21.8. The second-order valence-electron chi connectivity index (χ2n) is 9.25. The average Bonchev–Trinajstić information content (AvgIpc) is 3.71. The standard InChI is InChI=1S/C26H22N6O3.C2HF3O2/c33-26(29-21-8-4-2-6-19(21)23-15-27-16-34-23)32-13-11-18(12-14-32)25-30-24(31-35-25)22-10-9-17-5-1-3-7-20(17)28-22;3-2(4,5)1(6)7/h1-10,15-16,18H,11-14H2,(H,29,33);(H,6,7). The lowest BCUT2D eigenvalue weighted by Crippen LogP contribution is -2.40. The van der Waals surface area contributed by atoms with Gasteiger partial charge in [0, 0.05) is 30.0 Å². The van der Waals surface area contributed by atoms with E-state index >= 15 is 0 Å². The van der Waals surface area contributed by atoms with Crippen LogP contribution in [0.5, 0.6) is 0 Å². The monoisotopic (exact) mass is 580 g/mol. The second-order valence-corrected chi connectivity index (χ2v) is 9.25. The zero-order chi connectivity index (χ0) is 29.7. The van der Waals surface area contributed by atoms with Gasteiger partial charge in [-0.25, -0.2) is 19.6 Å². The lowest BCUT2D eigenvalue weighted by atomic mass is 9.97. The number of rotatable bonds is 4. The van der Waals surface area contributed by atoms with Crippen LogP contribution in [0.15, 0.2) is 82.2 Å². The van der Waals surface area contributed by atoms with Crippen LogP contribution in [0.25, 0.3) is 33.7 Å². The molecule has 0 spiro atoms. The van der Waals surface area contributed by atoms with Crippen LogP contribution in [-0.2, 0) is 4.79 Å². The highest BCUT2D eigenvalue weighted by Gasteiger charge is 2.38. The highest BCUT2D eigenvalue weighted by atomic mass is 19.4. The van der Waals surface area contributed by atoms with E-state index in [-0.39, 0.29) is 11.9 Å². The number of carboxylic acids is 1. The van der Waals surface area contributed by atoms with Gasteiger partial charge in [-0.3, -0.25) is 0 Å². The number of amides is 2. The summed E-state index contributed by atoms with van der Waals surface area (Å²) in [5.74, 6) is -0.983. The Morgan fingerprint density at radius 3 is 2.40 bits per heavy atom. The third-order valence-electron chi connectivity index (χ3n) is 6.51. The highest BCUT2D eigenvalue weighted by Crippen LogP contribution is 2.31. The minimum Gasteiger partial charge on any atom is -0.475 e. The molecule has 3 aromatic heterocycles. The fourth-order valence-corrected chi connectivity index (χ4v) is 4.38. The van der Waals surface area contributed by atoms with Gasteiger partial charge < -0.3 is 24.3 Å². The van der Waals surface area contributed by atoms with Crippen molar-refractivity contribution in [1.29, 1.82) is 0 Å². The summed E-state index contributed by atoms with van der Waals surface area (Å²) >= 11 is 0. The molecule has 42 heavy (non-hydrogen) atoms. The van der Waals surface area contributed by atoms with E-state index in [1.807, 2.05) is 60.7 Å². The Labute approximate surface area is 236 Å². The number of alkyl halides is 3. The Hall–Kier alpha value is -5.27. The van der Waals surface area contributed by atoms with Gasteiger partial charge in [-0.15, -0.1) is 0 Å². The van der Waals surface area contributed by atoms with Crippen LogP contribution in [0.2, 0.25) is 0 Å². The van der Waals surface area contributed by atoms with Crippen LogP contribution in [0.4, 0.5) is 23.7 Å². The van der Waals surface area contributed by atoms with Crippen LogP contribution in [0, 0.1) is 0 Å². The molecule has 1 aliphatic heterocycles. The van der Waals surface area contributed by atoms with Crippen LogP contribution < -0.4 is 5.32 Å². The van der Waals surface area contributed by atoms with E-state index in [2.05, 4.69) is 25.4 Å². The summed E-state index contributed by atoms with van der Waals surface area (Å²) in [5, 5.41) is 15.3. The van der Waals surface area contributed by atoms with Gasteiger partial charge in [-0.1, -0.05) is 41.6 Å². The molecule has 0 radical (unpaired) electrons. The van der Waals surface area contributed by atoms with Crippen LogP contribution in [-0.4, -0.2) is 61.4 Å². The lowest BCUT2D eigenvalue weighted by molar-refractivity contribution is -0.192. The number of fused-ring (bicyclic) bond motifs is 1. The first-order valence-electron chi connectivity index (χ1n) is 12.7. The lowest BCUT2D eigenvalue weighted by Gasteiger charge is -2.30. The van der Waals surface area contributed by atoms with Crippen molar-refractivity contribution in [2.24, 2.45) is 0 Å². The number of aromatic nitrogens is 4. The van der Waals surface area contributed by atoms with Gasteiger partial charge in [0.15, 0.2) is 12.2 Å². The molecule has 0 bridgehead atoms. The molecule has 0 aliphatic carbocycles. The number of piperidine rings is 1. The smallest absolute Gasteiger partial charge is 0.475 e. The molecule has 1 aliphatic rings. The fourth-order valence-electron chi connectivity index (χ4n) is 4.38. The first-order valence-corrected chi connectivity index (χ1v) is 12.7. The number of oxazole rings is 1. The van der Waals surface area contributed by atoms with E-state index in [1.54, 1.807) is 11.1 Å². The first kappa shape index (κ1) is 28.3. The molecule has 0 atom stereocenters. The van der Waals surface area contributed by atoms with Crippen molar-refractivity contribution in [2.45, 2.75) is 24.9 Å². The summed E-state index contributed by atoms with van der Waals surface area (Å²) in [4.78, 5) is 36.9. The summed E-state index contributed by atoms with van der Waals surface area (Å²) in [6.45, 7) is 1.18. The normalized spacial score (nSPS) is 13.8. The number of hydrogen-bond acceptors (Lipinski definition) is 8. The van der Waals surface area contributed by atoms with Gasteiger partial charge in [-0.05, 0) is 37.1 Å². The molecular weight excluding hydrogens is 557 g/mol. The number of para-hydroxylation sites is 2. The van der Waals surface area contributed by atoms with E-state index in [9.17, 15) is 18.0 Å². The topological polar surface area (TPSA) is 147 Å². The minimum atomic E-state index is -5.08. The fraction of sp³-hybridized carbons (Fsp3) is 0.214. The Balaban J connectivity index is 0.000000451. The maximum atomic E-state index is 12.9. The third kappa shape index (κ3) is 6.54. The number of nitrogens with zero attached hydrogens (tertiary/aromatic N) is 5. The van der Waals surface area contributed by atoms with Crippen LogP contribution >= 0.6 is 0 Å². The summed E-state index contributed by atoms with van der Waals surface area (Å²) in [6.07, 6.45) is -0.603. The highest BCUT2D eigenvalue weighted by molar-refractivity contribution is 5.93. The number of hydrogen-bond donors (Lipinski definition) is 2. The molecule has 1 saturated heterocycles. The minimum absolute atomic E-state index is 0.0993. The maximum absolute atomic E-state index is 12.9. The van der Waals surface area contributed by atoms with Gasteiger partial charge in [0.25, 0.3) is 0 Å². The molecule has 2 N–H and O–H groups in total. The molecule has 0 saturated carbocycles. The van der Waals surface area contributed by atoms with Crippen molar-refractivity contribution >= 4 is 28.6 Å². The number of carboxylic acid groups (broad SMARTS) is 1. The Morgan fingerprint density at radius 1 is 0.976 bits per heavy atom. The molecule has 2 aromatic carbocycles. The predicted molar refractivity (Wildman–Crippen MR) is 143 cm³/mol. The average molecular weight is 581 g/mol. The molecule has 6 rings (SSSR count). The Kier molecular flexibility index (Phi) is 8.13. The summed E-state index contributed by atoms with van der Waals surface area (Å²) in [5.41, 5.74) is 3.04. The molecular formula is C28H23F3N6O5. The summed E-state index contributed by atoms with van der Waals surface area (Å²) in [6, 6.07) is 19.2. The number of likely N-dealkylation sites (tertiary alicyclic amines) is 1. The summed E-state index contributed by atoms with van der Waals surface area (Å²) in [7, 11) is 0. The number of nitrogens with one attached hydrogen (secondary N) is 1. The van der Waals surface area contributed by atoms with E-state index in [0.717, 1.165) is 29.3 Å². The molecule has 4 heterocycles. The van der Waals surface area contributed by atoms with Gasteiger partial charge in [-0.2, -0.15) is 18.2 Å². The van der Waals surface area contributed by atoms with Crippen molar-refractivity contribution in [3.63, 3.8) is 0 Å². The molecule has 1 fully saturated rings. The largest absolute Gasteiger partial charge is 0.490 e. The first-order chi connectivity index (χ1) is 20.2. The quantitative estimate of drug-likeness (QED) is 0.262. The number of carbonyl (C=O) groups is 2. The van der Waals surface area contributed by atoms with Crippen molar-refractivity contribution in [3.05, 3.63) is 79.1 Å². The maximum Gasteiger partial charge on any atom is 0.490 e. The second kappa shape index (κ2) is 12.1. The van der Waals surface area contributed by atoms with Crippen molar-refractivity contribution < 1.29 is 36.8 Å². The van der Waals surface area contributed by atoms with Gasteiger partial charge in [0.2, 0.25) is 11.7 Å². The molecule has 14 heteroatoms. The Morgan fingerprint density at radius 2 is 1.69 bits per heavy atom. The van der Waals surface area contributed by atoms with Crippen molar-refractivity contribution in [1.82, 2.24) is 25.0 Å². The zero-order valence-electron chi connectivity index (χ0n) is 21.8. The summed E-state index contributed by atoms with van der Waals surface area (Å²) < 4.78 is 42.7. The number of benzene rings is 2. The number of anilines is 1. The van der Waals surface area contributed by atoms with E-state index in [1.165, 1.54) is 6.39 Å². The number of aliphatic carboxylic acids is 1. The van der Waals surface area contributed by atoms with Crippen LogP contribution in [0.1, 0.15) is 24.7 Å². The Bertz CT molecular complexity index is 1680. The van der Waals surface area contributed by atoms with Gasteiger partial charge in [0.1, 0.15) is 5.69 Å². The predicted octanol–water partition coefficient (Wildman–Crippen LogP) is 5.98. The molecule has 216 valence electrons. The van der Waals surface area contributed by atoms with E-state index in [4.69, 9.17) is 18.8 Å². The molecule has 0 unspecified atom stereocenters. The van der Waals surface area contributed by atoms with E-state index in [0.29, 0.717) is 41.9 Å². The molecule has 5 aromatic rings. The van der Waals surface area contributed by atoms with Crippen molar-refractivity contribution in [3.8, 4) is 22.8 Å². The number of pyridine rings is 1. The number of halogens is 3.